The molecular weight excluding hydrogens is 502 g/mol. The number of hydrogen-bond acceptors (Lipinski definition) is 7. The van der Waals surface area contributed by atoms with Gasteiger partial charge in [-0.1, -0.05) is 23.8 Å². The van der Waals surface area contributed by atoms with Crippen LogP contribution in [0, 0.1) is 17.8 Å². The van der Waals surface area contributed by atoms with Gasteiger partial charge in [0.05, 0.1) is 25.0 Å². The monoisotopic (exact) mass is 529 g/mol. The van der Waals surface area contributed by atoms with Gasteiger partial charge in [0.25, 0.3) is 0 Å². The second-order valence-electron chi connectivity index (χ2n) is 10.2. The van der Waals surface area contributed by atoms with Gasteiger partial charge in [0, 0.05) is 27.5 Å². The smallest absolute Gasteiger partial charge is 0.234 e. The van der Waals surface area contributed by atoms with E-state index in [1.165, 1.54) is 28.4 Å². The molecule has 1 saturated heterocycles. The summed E-state index contributed by atoms with van der Waals surface area (Å²) in [7, 11) is 0. The van der Waals surface area contributed by atoms with Crippen molar-refractivity contribution in [2.75, 3.05) is 6.61 Å². The molecule has 6 rings (SSSR count). The number of ether oxygens (including phenoxy) is 1. The molecule has 0 bridgehead atoms. The Kier molecular flexibility index (Phi) is 5.94. The number of carbonyl (C=O) groups is 4. The highest BCUT2D eigenvalue weighted by molar-refractivity contribution is 7.09. The number of aromatic hydroxyl groups is 1. The molecule has 0 spiro atoms. The number of likely N-dealkylation sites (tertiary alicyclic amines) is 1. The van der Waals surface area contributed by atoms with Crippen LogP contribution in [0.25, 0.3) is 0 Å². The summed E-state index contributed by atoms with van der Waals surface area (Å²) in [6, 6.07) is 8.78. The van der Waals surface area contributed by atoms with E-state index in [1.807, 2.05) is 30.5 Å². The Labute approximate surface area is 224 Å². The predicted molar refractivity (Wildman–Crippen MR) is 140 cm³/mol. The maximum absolute atomic E-state index is 13.8. The molecule has 194 valence electrons. The summed E-state index contributed by atoms with van der Waals surface area (Å²) in [5, 5.41) is 12.2. The maximum atomic E-state index is 13.8. The lowest BCUT2D eigenvalue weighted by Crippen LogP contribution is -2.39. The average Bonchev–Trinajstić information content (AvgIpc) is 3.50. The molecule has 4 atom stereocenters. The molecule has 2 heterocycles. The molecule has 38 heavy (non-hydrogen) atoms. The average molecular weight is 530 g/mol. The van der Waals surface area contributed by atoms with Crippen molar-refractivity contribution in [1.29, 1.82) is 0 Å². The van der Waals surface area contributed by atoms with E-state index < -0.39 is 17.8 Å². The van der Waals surface area contributed by atoms with E-state index in [0.29, 0.717) is 41.1 Å². The first-order valence-electron chi connectivity index (χ1n) is 12.8. The quantitative estimate of drug-likeness (QED) is 0.348. The molecule has 1 aromatic carbocycles. The third kappa shape index (κ3) is 3.69. The van der Waals surface area contributed by atoms with Crippen LogP contribution >= 0.6 is 11.3 Å². The van der Waals surface area contributed by atoms with Gasteiger partial charge in [-0.2, -0.15) is 0 Å². The number of imide groups is 1. The Morgan fingerprint density at radius 1 is 1.11 bits per heavy atom. The van der Waals surface area contributed by atoms with Crippen LogP contribution in [0.2, 0.25) is 0 Å². The number of ketones is 2. The number of phenolic OH excluding ortho intramolecular Hbond substituents is 1. The fourth-order valence-corrected chi connectivity index (χ4v) is 7.19. The van der Waals surface area contributed by atoms with Gasteiger partial charge in [-0.05, 0) is 67.8 Å². The largest absolute Gasteiger partial charge is 0.504 e. The third-order valence-electron chi connectivity index (χ3n) is 8.17. The number of nitrogens with zero attached hydrogens (tertiary/aromatic N) is 1. The number of allylic oxidation sites excluding steroid dienone is 6. The van der Waals surface area contributed by atoms with Gasteiger partial charge in [0.15, 0.2) is 23.1 Å². The number of carbonyl (C=O) groups excluding carboxylic acids is 4. The van der Waals surface area contributed by atoms with Crippen LogP contribution in [0.1, 0.15) is 43.0 Å². The van der Waals surface area contributed by atoms with Crippen molar-refractivity contribution in [3.05, 3.63) is 80.6 Å². The van der Waals surface area contributed by atoms with Crippen molar-refractivity contribution in [3.63, 3.8) is 0 Å². The first kappa shape index (κ1) is 24.6. The normalized spacial score (nSPS) is 26.6. The van der Waals surface area contributed by atoms with Gasteiger partial charge in [-0.25, -0.2) is 0 Å². The Balaban J connectivity index is 1.46. The number of fused-ring (bicyclic) bond motifs is 3. The van der Waals surface area contributed by atoms with Crippen molar-refractivity contribution >= 4 is 34.7 Å². The fraction of sp³-hybridized carbons (Fsp3) is 0.333. The molecule has 8 heteroatoms. The zero-order chi connectivity index (χ0) is 26.7. The van der Waals surface area contributed by atoms with Crippen molar-refractivity contribution in [2.45, 2.75) is 39.2 Å². The lowest BCUT2D eigenvalue weighted by Gasteiger charge is -2.42. The summed E-state index contributed by atoms with van der Waals surface area (Å²) < 4.78 is 5.62. The van der Waals surface area contributed by atoms with Crippen molar-refractivity contribution in [2.24, 2.45) is 17.8 Å². The summed E-state index contributed by atoms with van der Waals surface area (Å²) in [6.07, 6.45) is 4.02. The molecule has 1 N–H and O–H groups in total. The summed E-state index contributed by atoms with van der Waals surface area (Å²) in [4.78, 5) is 56.2. The highest BCUT2D eigenvalue weighted by atomic mass is 32.1. The fourth-order valence-electron chi connectivity index (χ4n) is 6.50. The van der Waals surface area contributed by atoms with E-state index in [1.54, 1.807) is 19.1 Å². The number of thiophene rings is 1. The Hall–Kier alpha value is -3.78. The number of phenols is 1. The van der Waals surface area contributed by atoms with Crippen molar-refractivity contribution in [1.82, 2.24) is 4.90 Å². The summed E-state index contributed by atoms with van der Waals surface area (Å²) in [6.45, 7) is 4.05. The van der Waals surface area contributed by atoms with Gasteiger partial charge < -0.3 is 9.84 Å². The van der Waals surface area contributed by atoms with Gasteiger partial charge in [0.2, 0.25) is 11.8 Å². The minimum absolute atomic E-state index is 0.0160. The van der Waals surface area contributed by atoms with Crippen LogP contribution in [-0.4, -0.2) is 40.0 Å². The van der Waals surface area contributed by atoms with Crippen LogP contribution in [0.15, 0.2) is 70.2 Å². The number of Topliss-reactive ketones (excluding diaryl/α,β-unsaturated/α-hetero) is 1. The van der Waals surface area contributed by atoms with Gasteiger partial charge in [-0.15, -0.1) is 11.3 Å². The second kappa shape index (κ2) is 9.20. The van der Waals surface area contributed by atoms with Crippen LogP contribution < -0.4 is 4.74 Å². The molecule has 7 nitrogen and oxygen atoms in total. The SMILES string of the molecule is CCOc1cc([C@H]2C3=CC[C@@H]4C(=O)N(Cc5cccs5)C(=O)[C@@H]4[C@@H]3CC3=C2C(=O)C(C)=CC3=O)ccc1O. The van der Waals surface area contributed by atoms with E-state index in [2.05, 4.69) is 0 Å². The predicted octanol–water partition coefficient (Wildman–Crippen LogP) is 4.48. The summed E-state index contributed by atoms with van der Waals surface area (Å²) in [5.41, 5.74) is 2.81. The van der Waals surface area contributed by atoms with Crippen LogP contribution in [0.4, 0.5) is 0 Å². The lowest BCUT2D eigenvalue weighted by molar-refractivity contribution is -0.140. The number of benzene rings is 1. The standard InChI is InChI=1S/C30H27NO6S/c1-3-37-24-12-16(6-9-22(24)32)25-18-7-8-19-26(30(36)31(29(19)35)14-17-5-4-10-38-17)20(18)13-21-23(33)11-15(2)28(34)27(21)25/h4-7,9-12,19-20,25-26,32H,3,8,13-14H2,1-2H3/t19-,20+,25-,26-/m0/s1. The Bertz CT molecular complexity index is 1480. The Morgan fingerprint density at radius 3 is 2.66 bits per heavy atom. The van der Waals surface area contributed by atoms with Crippen LogP contribution in [0.3, 0.4) is 0 Å². The van der Waals surface area contributed by atoms with Crippen molar-refractivity contribution in [3.8, 4) is 11.5 Å². The molecule has 0 saturated carbocycles. The highest BCUT2D eigenvalue weighted by Gasteiger charge is 2.56. The van der Waals surface area contributed by atoms with Gasteiger partial charge in [-0.3, -0.25) is 24.1 Å². The topological polar surface area (TPSA) is 101 Å². The van der Waals surface area contributed by atoms with E-state index in [0.717, 1.165) is 10.5 Å². The molecule has 0 radical (unpaired) electrons. The highest BCUT2D eigenvalue weighted by Crippen LogP contribution is 2.55. The van der Waals surface area contributed by atoms with E-state index in [9.17, 15) is 24.3 Å². The summed E-state index contributed by atoms with van der Waals surface area (Å²) >= 11 is 1.50. The number of amides is 2. The first-order chi connectivity index (χ1) is 18.3. The molecule has 2 aromatic rings. The minimum atomic E-state index is -0.586. The number of hydrogen-bond donors (Lipinski definition) is 1. The van der Waals surface area contributed by atoms with E-state index in [4.69, 9.17) is 4.74 Å². The van der Waals surface area contributed by atoms with Gasteiger partial charge >= 0.3 is 0 Å². The van der Waals surface area contributed by atoms with Crippen molar-refractivity contribution < 1.29 is 29.0 Å². The molecule has 4 aliphatic rings. The lowest BCUT2D eigenvalue weighted by atomic mass is 9.59. The second-order valence-corrected chi connectivity index (χ2v) is 11.3. The van der Waals surface area contributed by atoms with E-state index >= 15 is 0 Å². The molecule has 1 fully saturated rings. The summed E-state index contributed by atoms with van der Waals surface area (Å²) in [5.74, 6) is -2.54. The first-order valence-corrected chi connectivity index (χ1v) is 13.7. The molecular formula is C30H27NO6S. The molecule has 3 aliphatic carbocycles. The van der Waals surface area contributed by atoms with Crippen LogP contribution in [-0.2, 0) is 25.7 Å². The zero-order valence-electron chi connectivity index (χ0n) is 21.1. The molecule has 1 aromatic heterocycles. The van der Waals surface area contributed by atoms with Gasteiger partial charge in [0.1, 0.15) is 0 Å². The van der Waals surface area contributed by atoms with E-state index in [-0.39, 0.29) is 48.0 Å². The molecule has 2 amide bonds. The molecule has 1 aliphatic heterocycles. The minimum Gasteiger partial charge on any atom is -0.504 e. The zero-order valence-corrected chi connectivity index (χ0v) is 21.9. The molecule has 0 unspecified atom stereocenters. The Morgan fingerprint density at radius 2 is 1.92 bits per heavy atom. The maximum Gasteiger partial charge on any atom is 0.234 e. The number of rotatable bonds is 5. The van der Waals surface area contributed by atoms with Crippen LogP contribution in [0.5, 0.6) is 11.5 Å². The third-order valence-corrected chi connectivity index (χ3v) is 9.03.